The normalized spacial score (nSPS) is 14.1. The van der Waals surface area contributed by atoms with Crippen LogP contribution < -0.4 is 15.0 Å². The summed E-state index contributed by atoms with van der Waals surface area (Å²) in [7, 11) is 0. The zero-order valence-corrected chi connectivity index (χ0v) is 22.8. The van der Waals surface area contributed by atoms with Crippen LogP contribution in [0.1, 0.15) is 40.9 Å². The smallest absolute Gasteiger partial charge is 0.221 e. The molecule has 0 saturated carbocycles. The van der Waals surface area contributed by atoms with Gasteiger partial charge in [0, 0.05) is 63.6 Å². The van der Waals surface area contributed by atoms with Gasteiger partial charge in [0.05, 0.1) is 12.3 Å². The molecule has 1 saturated heterocycles. The molecule has 4 rings (SSSR count). The molecule has 1 aromatic heterocycles. The first kappa shape index (κ1) is 26.7. The van der Waals surface area contributed by atoms with E-state index in [1.165, 1.54) is 22.4 Å². The largest absolute Gasteiger partial charge is 0.494 e. The molecule has 3 aromatic rings. The molecule has 7 nitrogen and oxygen atoms in total. The summed E-state index contributed by atoms with van der Waals surface area (Å²) >= 11 is 0. The molecule has 1 fully saturated rings. The standard InChI is InChI=1S/C30H41N5O2/c1-23-8-5-11-29(26(23)4)34-17-15-33(16-18-34)22-27-9-6-10-28(21-27)37-19-7-13-31-30(36)12-14-35-25(3)20-24(2)32-35/h5-6,8-11,20-21H,7,12-19,22H2,1-4H3,(H,31,36). The highest BCUT2D eigenvalue weighted by Gasteiger charge is 2.19. The van der Waals surface area contributed by atoms with E-state index in [1.807, 2.05) is 30.7 Å². The van der Waals surface area contributed by atoms with Crippen molar-refractivity contribution in [2.24, 2.45) is 0 Å². The summed E-state index contributed by atoms with van der Waals surface area (Å²) in [5.74, 6) is 0.939. The molecule has 37 heavy (non-hydrogen) atoms. The van der Waals surface area contributed by atoms with Gasteiger partial charge < -0.3 is 15.0 Å². The van der Waals surface area contributed by atoms with E-state index in [0.29, 0.717) is 26.1 Å². The van der Waals surface area contributed by atoms with E-state index in [-0.39, 0.29) is 5.91 Å². The number of nitrogens with one attached hydrogen (secondary N) is 1. The Morgan fingerprint density at radius 1 is 1.00 bits per heavy atom. The maximum atomic E-state index is 12.1. The first-order valence-electron chi connectivity index (χ1n) is 13.4. The minimum atomic E-state index is 0.0483. The van der Waals surface area contributed by atoms with Crippen molar-refractivity contribution in [3.63, 3.8) is 0 Å². The van der Waals surface area contributed by atoms with Crippen LogP contribution in [0.4, 0.5) is 5.69 Å². The van der Waals surface area contributed by atoms with Gasteiger partial charge in [-0.1, -0.05) is 24.3 Å². The number of aryl methyl sites for hydroxylation is 4. The van der Waals surface area contributed by atoms with E-state index in [4.69, 9.17) is 4.74 Å². The number of hydrogen-bond donors (Lipinski definition) is 1. The van der Waals surface area contributed by atoms with Gasteiger partial charge in [0.2, 0.25) is 5.91 Å². The Bertz CT molecular complexity index is 1180. The second-order valence-corrected chi connectivity index (χ2v) is 10.1. The van der Waals surface area contributed by atoms with Gasteiger partial charge in [0.25, 0.3) is 0 Å². The lowest BCUT2D eigenvalue weighted by Gasteiger charge is -2.37. The van der Waals surface area contributed by atoms with E-state index >= 15 is 0 Å². The minimum Gasteiger partial charge on any atom is -0.494 e. The molecule has 0 aliphatic carbocycles. The minimum absolute atomic E-state index is 0.0483. The quantitative estimate of drug-likeness (QED) is 0.393. The fraction of sp³-hybridized carbons (Fsp3) is 0.467. The topological polar surface area (TPSA) is 62.6 Å². The van der Waals surface area contributed by atoms with Crippen LogP contribution in [0.5, 0.6) is 5.75 Å². The molecule has 1 amide bonds. The number of carbonyl (C=O) groups is 1. The highest BCUT2D eigenvalue weighted by molar-refractivity contribution is 5.75. The van der Waals surface area contributed by atoms with Crippen LogP contribution in [0, 0.1) is 27.7 Å². The van der Waals surface area contributed by atoms with Crippen LogP contribution in [0.3, 0.4) is 0 Å². The van der Waals surface area contributed by atoms with Crippen LogP contribution in [0.25, 0.3) is 0 Å². The molecule has 7 heteroatoms. The molecular weight excluding hydrogens is 462 g/mol. The van der Waals surface area contributed by atoms with Crippen LogP contribution in [0.2, 0.25) is 0 Å². The molecule has 1 N–H and O–H groups in total. The summed E-state index contributed by atoms with van der Waals surface area (Å²) in [6, 6.07) is 17.0. The number of anilines is 1. The molecule has 0 bridgehead atoms. The zero-order valence-electron chi connectivity index (χ0n) is 22.8. The van der Waals surface area contributed by atoms with E-state index in [2.05, 4.69) is 70.5 Å². The predicted octanol–water partition coefficient (Wildman–Crippen LogP) is 4.41. The van der Waals surface area contributed by atoms with Gasteiger partial charge in [0.15, 0.2) is 0 Å². The third-order valence-electron chi connectivity index (χ3n) is 7.16. The number of nitrogens with zero attached hydrogens (tertiary/aromatic N) is 4. The van der Waals surface area contributed by atoms with Gasteiger partial charge in [-0.15, -0.1) is 0 Å². The van der Waals surface area contributed by atoms with Crippen molar-refractivity contribution in [3.8, 4) is 5.75 Å². The van der Waals surface area contributed by atoms with Crippen LogP contribution in [-0.4, -0.2) is 59.9 Å². The lowest BCUT2D eigenvalue weighted by atomic mass is 10.1. The monoisotopic (exact) mass is 503 g/mol. The molecular formula is C30H41N5O2. The number of carbonyl (C=O) groups excluding carboxylic acids is 1. The SMILES string of the molecule is Cc1cc(C)n(CCC(=O)NCCCOc2cccc(CN3CCN(c4cccc(C)c4C)CC3)c2)n1. The first-order valence-corrected chi connectivity index (χ1v) is 13.4. The summed E-state index contributed by atoms with van der Waals surface area (Å²) in [6.45, 7) is 15.3. The maximum absolute atomic E-state index is 12.1. The number of rotatable bonds is 11. The summed E-state index contributed by atoms with van der Waals surface area (Å²) in [6.07, 6.45) is 1.21. The summed E-state index contributed by atoms with van der Waals surface area (Å²) in [4.78, 5) is 17.2. The fourth-order valence-corrected chi connectivity index (χ4v) is 4.90. The third kappa shape index (κ3) is 7.59. The van der Waals surface area contributed by atoms with Crippen molar-refractivity contribution in [1.82, 2.24) is 20.0 Å². The Morgan fingerprint density at radius 2 is 1.78 bits per heavy atom. The number of piperazine rings is 1. The van der Waals surface area contributed by atoms with Gasteiger partial charge in [-0.3, -0.25) is 14.4 Å². The number of amides is 1. The average Bonchev–Trinajstić information content (AvgIpc) is 3.21. The molecule has 0 unspecified atom stereocenters. The molecule has 0 atom stereocenters. The van der Waals surface area contributed by atoms with Crippen molar-refractivity contribution in [2.75, 3.05) is 44.2 Å². The van der Waals surface area contributed by atoms with Crippen molar-refractivity contribution in [3.05, 3.63) is 76.6 Å². The molecule has 0 radical (unpaired) electrons. The number of benzene rings is 2. The fourth-order valence-electron chi connectivity index (χ4n) is 4.90. The van der Waals surface area contributed by atoms with E-state index in [9.17, 15) is 4.79 Å². The second-order valence-electron chi connectivity index (χ2n) is 10.1. The van der Waals surface area contributed by atoms with Gasteiger partial charge in [-0.25, -0.2) is 0 Å². The Morgan fingerprint density at radius 3 is 2.54 bits per heavy atom. The Hall–Kier alpha value is -3.32. The third-order valence-corrected chi connectivity index (χ3v) is 7.16. The summed E-state index contributed by atoms with van der Waals surface area (Å²) in [5, 5.41) is 7.38. The van der Waals surface area contributed by atoms with Crippen molar-refractivity contribution in [1.29, 1.82) is 0 Å². The first-order chi connectivity index (χ1) is 17.9. The van der Waals surface area contributed by atoms with Gasteiger partial charge in [-0.05, 0) is 75.1 Å². The van der Waals surface area contributed by atoms with Crippen molar-refractivity contribution < 1.29 is 9.53 Å². The average molecular weight is 504 g/mol. The predicted molar refractivity (Wildman–Crippen MR) is 149 cm³/mol. The second kappa shape index (κ2) is 12.8. The van der Waals surface area contributed by atoms with Crippen LogP contribution >= 0.6 is 0 Å². The van der Waals surface area contributed by atoms with E-state index < -0.39 is 0 Å². The van der Waals surface area contributed by atoms with Crippen molar-refractivity contribution in [2.45, 2.75) is 53.6 Å². The maximum Gasteiger partial charge on any atom is 0.221 e. The molecule has 1 aliphatic rings. The van der Waals surface area contributed by atoms with Crippen LogP contribution in [-0.2, 0) is 17.9 Å². The zero-order chi connectivity index (χ0) is 26.2. The lowest BCUT2D eigenvalue weighted by Crippen LogP contribution is -2.46. The molecule has 0 spiro atoms. The number of ether oxygens (including phenoxy) is 1. The Kier molecular flexibility index (Phi) is 9.23. The molecule has 2 aromatic carbocycles. The summed E-state index contributed by atoms with van der Waals surface area (Å²) < 4.78 is 7.86. The molecule has 2 heterocycles. The van der Waals surface area contributed by atoms with Crippen LogP contribution in [0.15, 0.2) is 48.5 Å². The Balaban J connectivity index is 1.14. The van der Waals surface area contributed by atoms with Gasteiger partial charge in [0.1, 0.15) is 5.75 Å². The lowest BCUT2D eigenvalue weighted by molar-refractivity contribution is -0.121. The highest BCUT2D eigenvalue weighted by atomic mass is 16.5. The van der Waals surface area contributed by atoms with E-state index in [1.54, 1.807) is 0 Å². The Labute approximate surface area is 221 Å². The molecule has 198 valence electrons. The highest BCUT2D eigenvalue weighted by Crippen LogP contribution is 2.24. The summed E-state index contributed by atoms with van der Waals surface area (Å²) in [5.41, 5.74) is 7.45. The number of aromatic nitrogens is 2. The number of hydrogen-bond acceptors (Lipinski definition) is 5. The van der Waals surface area contributed by atoms with Gasteiger partial charge >= 0.3 is 0 Å². The van der Waals surface area contributed by atoms with Gasteiger partial charge in [-0.2, -0.15) is 5.10 Å². The van der Waals surface area contributed by atoms with Crippen molar-refractivity contribution >= 4 is 11.6 Å². The molecule has 1 aliphatic heterocycles. The van der Waals surface area contributed by atoms with E-state index in [0.717, 1.165) is 56.3 Å².